The number of benzene rings is 1. The standard InChI is InChI=1S/C15H19N5O9S2/c1-3-20-14(22)11(13(17)21)6(2)12(15(20)23)19-18-8-4-7(16)9(30(24,25)26)5-10(8)31(27,28)29/h4-5,15,18,23H,3,16H2,1-2H3,(H2,17,21)(H,24,25,26)(H,27,28,29). The maximum Gasteiger partial charge on any atom is 0.296 e. The van der Waals surface area contributed by atoms with Crippen LogP contribution >= 0.6 is 0 Å². The molecular formula is C15H19N5O9S2. The van der Waals surface area contributed by atoms with Gasteiger partial charge in [-0.05, 0) is 31.6 Å². The van der Waals surface area contributed by atoms with Crippen LogP contribution < -0.4 is 16.9 Å². The molecule has 0 aromatic heterocycles. The molecule has 1 aromatic rings. The predicted molar refractivity (Wildman–Crippen MR) is 107 cm³/mol. The van der Waals surface area contributed by atoms with Crippen molar-refractivity contribution >= 4 is 49.1 Å². The summed E-state index contributed by atoms with van der Waals surface area (Å²) in [5.41, 5.74) is 11.0. The van der Waals surface area contributed by atoms with Gasteiger partial charge in [0, 0.05) is 6.54 Å². The molecule has 0 fully saturated rings. The third-order valence-electron chi connectivity index (χ3n) is 4.33. The first-order valence-corrected chi connectivity index (χ1v) is 11.2. The summed E-state index contributed by atoms with van der Waals surface area (Å²) in [6.07, 6.45) is -1.64. The SMILES string of the molecule is CCN1C(=O)C(C(N)=O)=C(C)C(=NNc2cc(N)c(S(=O)(=O)O)cc2S(=O)(=O)O)C1O. The van der Waals surface area contributed by atoms with E-state index in [1.807, 2.05) is 0 Å². The Bertz CT molecular complexity index is 1240. The molecule has 0 spiro atoms. The van der Waals surface area contributed by atoms with Gasteiger partial charge >= 0.3 is 0 Å². The van der Waals surface area contributed by atoms with E-state index in [2.05, 4.69) is 10.5 Å². The number of nitrogens with zero attached hydrogens (tertiary/aromatic N) is 2. The Balaban J connectivity index is 2.69. The lowest BCUT2D eigenvalue weighted by Gasteiger charge is -2.33. The first-order chi connectivity index (χ1) is 14.1. The van der Waals surface area contributed by atoms with Gasteiger partial charge in [-0.2, -0.15) is 21.9 Å². The Morgan fingerprint density at radius 1 is 1.19 bits per heavy atom. The molecule has 1 heterocycles. The van der Waals surface area contributed by atoms with Crippen molar-refractivity contribution in [3.8, 4) is 0 Å². The van der Waals surface area contributed by atoms with Gasteiger partial charge in [-0.1, -0.05) is 0 Å². The molecule has 0 bridgehead atoms. The Kier molecular flexibility index (Phi) is 6.43. The predicted octanol–water partition coefficient (Wildman–Crippen LogP) is -1.49. The van der Waals surface area contributed by atoms with Crippen molar-refractivity contribution in [2.75, 3.05) is 17.7 Å². The molecule has 16 heteroatoms. The number of likely N-dealkylation sites (N-methyl/N-ethyl adjacent to an activating group) is 1. The van der Waals surface area contributed by atoms with Crippen molar-refractivity contribution in [1.29, 1.82) is 0 Å². The minimum Gasteiger partial charge on any atom is -0.398 e. The van der Waals surface area contributed by atoms with Crippen LogP contribution in [0, 0.1) is 0 Å². The van der Waals surface area contributed by atoms with Crippen LogP contribution in [-0.2, 0) is 29.8 Å². The molecule has 1 aliphatic heterocycles. The van der Waals surface area contributed by atoms with Gasteiger partial charge in [0.1, 0.15) is 21.1 Å². The first kappa shape index (κ1) is 24.2. The number of hydrogen-bond donors (Lipinski definition) is 6. The fourth-order valence-electron chi connectivity index (χ4n) is 2.86. The van der Waals surface area contributed by atoms with Crippen molar-refractivity contribution in [1.82, 2.24) is 4.90 Å². The number of carbonyl (C=O) groups is 2. The van der Waals surface area contributed by atoms with Gasteiger partial charge < -0.3 is 21.5 Å². The zero-order chi connectivity index (χ0) is 23.9. The average molecular weight is 477 g/mol. The normalized spacial score (nSPS) is 19.1. The molecule has 8 N–H and O–H groups in total. The quantitative estimate of drug-likeness (QED) is 0.119. The molecule has 2 amide bonds. The van der Waals surface area contributed by atoms with Crippen LogP contribution in [0.15, 0.2) is 38.2 Å². The second-order valence-corrected chi connectivity index (χ2v) is 9.05. The summed E-state index contributed by atoms with van der Waals surface area (Å²) in [6, 6.07) is 1.15. The fourth-order valence-corrected chi connectivity index (χ4v) is 4.20. The topological polar surface area (TPSA) is 243 Å². The molecule has 0 saturated carbocycles. The number of nitrogen functional groups attached to an aromatic ring is 1. The average Bonchev–Trinajstić information content (AvgIpc) is 2.59. The summed E-state index contributed by atoms with van der Waals surface area (Å²) in [4.78, 5) is 22.9. The third kappa shape index (κ3) is 4.67. The molecule has 1 unspecified atom stereocenters. The van der Waals surface area contributed by atoms with Gasteiger partial charge in [0.15, 0.2) is 6.23 Å². The molecule has 0 saturated heterocycles. The fraction of sp³-hybridized carbons (Fsp3) is 0.267. The monoisotopic (exact) mass is 477 g/mol. The number of carbonyl (C=O) groups excluding carboxylic acids is 2. The smallest absolute Gasteiger partial charge is 0.296 e. The summed E-state index contributed by atoms with van der Waals surface area (Å²) in [5, 5.41) is 14.2. The van der Waals surface area contributed by atoms with E-state index in [-0.39, 0.29) is 17.8 Å². The second-order valence-electron chi connectivity index (χ2n) is 6.27. The van der Waals surface area contributed by atoms with Crippen LogP contribution in [0.2, 0.25) is 0 Å². The number of anilines is 2. The summed E-state index contributed by atoms with van der Waals surface area (Å²) in [6.45, 7) is 2.75. The molecule has 1 atom stereocenters. The number of hydrazone groups is 1. The van der Waals surface area contributed by atoms with Crippen LogP contribution in [0.1, 0.15) is 13.8 Å². The summed E-state index contributed by atoms with van der Waals surface area (Å²) in [7, 11) is -9.96. The van der Waals surface area contributed by atoms with Gasteiger partial charge in [0.2, 0.25) is 0 Å². The van der Waals surface area contributed by atoms with Crippen LogP contribution in [0.5, 0.6) is 0 Å². The highest BCUT2D eigenvalue weighted by atomic mass is 32.2. The number of nitrogens with two attached hydrogens (primary N) is 2. The van der Waals surface area contributed by atoms with Crippen molar-refractivity contribution in [2.45, 2.75) is 29.9 Å². The summed E-state index contributed by atoms with van der Waals surface area (Å²) >= 11 is 0. The van der Waals surface area contributed by atoms with Gasteiger partial charge in [-0.25, -0.2) is 0 Å². The second kappa shape index (κ2) is 8.23. The van der Waals surface area contributed by atoms with Gasteiger partial charge in [0.05, 0.1) is 11.4 Å². The van der Waals surface area contributed by atoms with Crippen molar-refractivity contribution < 1.29 is 40.6 Å². The maximum absolute atomic E-state index is 12.3. The molecule has 1 aromatic carbocycles. The highest BCUT2D eigenvalue weighted by Gasteiger charge is 2.38. The lowest BCUT2D eigenvalue weighted by molar-refractivity contribution is -0.135. The van der Waals surface area contributed by atoms with Crippen LogP contribution in [0.3, 0.4) is 0 Å². The molecule has 0 radical (unpaired) electrons. The van der Waals surface area contributed by atoms with E-state index in [9.17, 15) is 36.1 Å². The zero-order valence-corrected chi connectivity index (χ0v) is 17.7. The largest absolute Gasteiger partial charge is 0.398 e. The molecule has 2 rings (SSSR count). The van der Waals surface area contributed by atoms with Crippen molar-refractivity contribution in [3.05, 3.63) is 23.3 Å². The summed E-state index contributed by atoms with van der Waals surface area (Å²) < 4.78 is 64.7. The van der Waals surface area contributed by atoms with E-state index in [0.717, 1.165) is 11.0 Å². The maximum atomic E-state index is 12.3. The Morgan fingerprint density at radius 2 is 1.74 bits per heavy atom. The van der Waals surface area contributed by atoms with Gasteiger partial charge in [-0.3, -0.25) is 24.1 Å². The Morgan fingerprint density at radius 3 is 2.19 bits per heavy atom. The molecule has 31 heavy (non-hydrogen) atoms. The van der Waals surface area contributed by atoms with E-state index < -0.39 is 65.0 Å². The highest BCUT2D eigenvalue weighted by molar-refractivity contribution is 7.86. The lowest BCUT2D eigenvalue weighted by atomic mass is 9.97. The van der Waals surface area contributed by atoms with E-state index >= 15 is 0 Å². The summed E-state index contributed by atoms with van der Waals surface area (Å²) in [5.74, 6) is -1.92. The molecule has 0 aliphatic carbocycles. The van der Waals surface area contributed by atoms with Crippen LogP contribution in [0.25, 0.3) is 0 Å². The zero-order valence-electron chi connectivity index (χ0n) is 16.1. The molecule has 14 nitrogen and oxygen atoms in total. The molecule has 1 aliphatic rings. The Labute approximate surface area is 176 Å². The highest BCUT2D eigenvalue weighted by Crippen LogP contribution is 2.30. The number of hydrogen-bond acceptors (Lipinski definition) is 10. The molecule has 170 valence electrons. The van der Waals surface area contributed by atoms with Gasteiger partial charge in [0.25, 0.3) is 32.1 Å². The Hall–Kier alpha value is -3.05. The number of aliphatic hydroxyl groups is 1. The van der Waals surface area contributed by atoms with E-state index in [1.54, 1.807) is 0 Å². The van der Waals surface area contributed by atoms with E-state index in [4.69, 9.17) is 16.0 Å². The van der Waals surface area contributed by atoms with E-state index in [0.29, 0.717) is 6.07 Å². The van der Waals surface area contributed by atoms with Gasteiger partial charge in [-0.15, -0.1) is 0 Å². The minimum atomic E-state index is -5.04. The number of nitrogens with one attached hydrogen (secondary N) is 1. The van der Waals surface area contributed by atoms with Crippen molar-refractivity contribution in [2.24, 2.45) is 10.8 Å². The third-order valence-corrected chi connectivity index (χ3v) is 6.13. The van der Waals surface area contributed by atoms with E-state index in [1.165, 1.54) is 13.8 Å². The van der Waals surface area contributed by atoms with Crippen molar-refractivity contribution in [3.63, 3.8) is 0 Å². The van der Waals surface area contributed by atoms with Crippen LogP contribution in [0.4, 0.5) is 11.4 Å². The lowest BCUT2D eigenvalue weighted by Crippen LogP contribution is -2.52. The number of primary amides is 1. The number of amides is 2. The molecular weight excluding hydrogens is 458 g/mol. The first-order valence-electron chi connectivity index (χ1n) is 8.33. The van der Waals surface area contributed by atoms with Crippen LogP contribution in [-0.4, -0.2) is 66.2 Å². The minimum absolute atomic E-state index is 0.0324. The number of rotatable bonds is 6. The number of aliphatic hydroxyl groups excluding tert-OH is 1.